The summed E-state index contributed by atoms with van der Waals surface area (Å²) in [6.45, 7) is 4.75. The summed E-state index contributed by atoms with van der Waals surface area (Å²) in [5.74, 6) is 0.184. The lowest BCUT2D eigenvalue weighted by Gasteiger charge is -2.41. The van der Waals surface area contributed by atoms with Crippen LogP contribution >= 0.6 is 0 Å². The quantitative estimate of drug-likeness (QED) is 0.520. The number of amides is 1. The molecule has 1 aromatic heterocycles. The third-order valence-corrected chi connectivity index (χ3v) is 10.2. The Bertz CT molecular complexity index is 1310. The number of benzene rings is 1. The smallest absolute Gasteiger partial charge is 0.417 e. The van der Waals surface area contributed by atoms with E-state index in [0.717, 1.165) is 63.4 Å². The second-order valence-electron chi connectivity index (χ2n) is 12.4. The third kappa shape index (κ3) is 4.80. The van der Waals surface area contributed by atoms with Crippen molar-refractivity contribution >= 4 is 11.9 Å². The topological polar surface area (TPSA) is 73.7 Å². The molecule has 3 heterocycles. The van der Waals surface area contributed by atoms with E-state index < -0.39 is 23.1 Å². The summed E-state index contributed by atoms with van der Waals surface area (Å²) < 4.78 is 39.9. The number of hydrogen-bond acceptors (Lipinski definition) is 4. The molecule has 0 bridgehead atoms. The second-order valence-corrected chi connectivity index (χ2v) is 12.4. The molecule has 5 atom stereocenters. The molecule has 0 spiro atoms. The van der Waals surface area contributed by atoms with E-state index in [2.05, 4.69) is 16.8 Å². The number of carbonyl (C=O) groups excluding carboxylic acids is 1. The number of halogens is 3. The van der Waals surface area contributed by atoms with E-state index >= 15 is 0 Å². The minimum atomic E-state index is -4.45. The van der Waals surface area contributed by atoms with Crippen LogP contribution in [-0.2, 0) is 23.9 Å². The van der Waals surface area contributed by atoms with Crippen molar-refractivity contribution in [3.63, 3.8) is 0 Å². The average molecular weight is 556 g/mol. The summed E-state index contributed by atoms with van der Waals surface area (Å²) >= 11 is 0. The fraction of sp³-hybridized carbons (Fsp3) is 0.581. The predicted octanol–water partition coefficient (Wildman–Crippen LogP) is 5.76. The Morgan fingerprint density at radius 3 is 2.73 bits per heavy atom. The normalized spacial score (nSPS) is 30.6. The first-order valence-corrected chi connectivity index (χ1v) is 14.5. The lowest BCUT2D eigenvalue weighted by molar-refractivity contribution is -0.144. The molecule has 1 saturated heterocycles. The van der Waals surface area contributed by atoms with Crippen LogP contribution in [-0.4, -0.2) is 57.4 Å². The molecule has 9 heteroatoms. The number of alkyl halides is 3. The van der Waals surface area contributed by atoms with Crippen LogP contribution in [0.3, 0.4) is 0 Å². The number of aromatic carboxylic acids is 1. The van der Waals surface area contributed by atoms with Gasteiger partial charge in [-0.3, -0.25) is 9.78 Å². The number of carbonyl (C=O) groups is 2. The highest BCUT2D eigenvalue weighted by Crippen LogP contribution is 2.57. The van der Waals surface area contributed by atoms with Gasteiger partial charge in [0.1, 0.15) is 0 Å². The van der Waals surface area contributed by atoms with Crippen molar-refractivity contribution in [2.24, 2.45) is 17.3 Å². The Balaban J connectivity index is 1.15. The highest BCUT2D eigenvalue weighted by Gasteiger charge is 2.57. The number of pyridine rings is 1. The van der Waals surface area contributed by atoms with Crippen LogP contribution in [0, 0.1) is 17.3 Å². The molecular weight excluding hydrogens is 519 g/mol. The van der Waals surface area contributed by atoms with Crippen molar-refractivity contribution in [3.8, 4) is 0 Å². The molecule has 2 aliphatic heterocycles. The number of nitrogens with zero attached hydrogens (tertiary/aromatic N) is 3. The van der Waals surface area contributed by atoms with Crippen LogP contribution in [0.5, 0.6) is 0 Å². The van der Waals surface area contributed by atoms with Gasteiger partial charge in [0.15, 0.2) is 0 Å². The van der Waals surface area contributed by atoms with Gasteiger partial charge in [-0.2, -0.15) is 13.2 Å². The van der Waals surface area contributed by atoms with Gasteiger partial charge in [0.05, 0.1) is 16.5 Å². The molecule has 6 nitrogen and oxygen atoms in total. The van der Waals surface area contributed by atoms with Gasteiger partial charge in [-0.25, -0.2) is 4.79 Å². The maximum Gasteiger partial charge on any atom is 0.417 e. The molecule has 6 rings (SSSR count). The van der Waals surface area contributed by atoms with Crippen LogP contribution < -0.4 is 0 Å². The lowest BCUT2D eigenvalue weighted by Crippen LogP contribution is -2.48. The molecule has 1 aromatic carbocycles. The zero-order valence-corrected chi connectivity index (χ0v) is 22.8. The highest BCUT2D eigenvalue weighted by molar-refractivity contribution is 5.87. The van der Waals surface area contributed by atoms with E-state index in [1.807, 2.05) is 12.1 Å². The molecule has 2 saturated carbocycles. The largest absolute Gasteiger partial charge is 0.478 e. The van der Waals surface area contributed by atoms with Crippen molar-refractivity contribution < 1.29 is 27.9 Å². The van der Waals surface area contributed by atoms with E-state index in [4.69, 9.17) is 0 Å². The molecule has 1 N–H and O–H groups in total. The zero-order valence-electron chi connectivity index (χ0n) is 22.8. The van der Waals surface area contributed by atoms with E-state index in [0.29, 0.717) is 53.6 Å². The van der Waals surface area contributed by atoms with Crippen LogP contribution in [0.25, 0.3) is 0 Å². The van der Waals surface area contributed by atoms with Gasteiger partial charge >= 0.3 is 12.1 Å². The van der Waals surface area contributed by atoms with Gasteiger partial charge in [0.25, 0.3) is 0 Å². The average Bonchev–Trinajstić information content (AvgIpc) is 3.50. The van der Waals surface area contributed by atoms with E-state index in [1.54, 1.807) is 17.0 Å². The predicted molar refractivity (Wildman–Crippen MR) is 143 cm³/mol. The Labute approximate surface area is 232 Å². The molecule has 2 aliphatic carbocycles. The first-order chi connectivity index (χ1) is 19.0. The first-order valence-electron chi connectivity index (χ1n) is 14.5. The summed E-state index contributed by atoms with van der Waals surface area (Å²) in [7, 11) is 0. The molecule has 2 aromatic rings. The number of carboxylic acid groups (broad SMARTS) is 1. The minimum absolute atomic E-state index is 0.119. The number of likely N-dealkylation sites (tertiary alicyclic amines) is 1. The van der Waals surface area contributed by atoms with Gasteiger partial charge < -0.3 is 14.9 Å². The van der Waals surface area contributed by atoms with Crippen LogP contribution in [0.15, 0.2) is 36.5 Å². The Morgan fingerprint density at radius 2 is 1.98 bits per heavy atom. The summed E-state index contributed by atoms with van der Waals surface area (Å²) in [6, 6.07) is 8.77. The number of aromatic nitrogens is 1. The van der Waals surface area contributed by atoms with Crippen molar-refractivity contribution in [3.05, 3.63) is 64.5 Å². The van der Waals surface area contributed by atoms with Crippen molar-refractivity contribution in [2.75, 3.05) is 19.6 Å². The first kappa shape index (κ1) is 27.2. The molecule has 40 heavy (non-hydrogen) atoms. The number of rotatable bonds is 4. The number of piperidine rings is 1. The SMILES string of the molecule is C[C@H]1CN([C@H]2C[C@H]3CCC[C@@]3(C(=O)N3CCc4ncc(C(F)(F)F)cc4C3)C2)CC[C@@H]1c1cccc(C(=O)O)c1. The number of carboxylic acids is 1. The number of hydrogen-bond donors (Lipinski definition) is 1. The summed E-state index contributed by atoms with van der Waals surface area (Å²) in [4.78, 5) is 34.0. The molecule has 3 fully saturated rings. The van der Waals surface area contributed by atoms with Gasteiger partial charge in [0, 0.05) is 44.0 Å². The van der Waals surface area contributed by atoms with E-state index in [-0.39, 0.29) is 12.5 Å². The standard InChI is InChI=1S/C31H36F3N3O3/c1-19-17-36(10-7-26(19)20-4-2-5-21(12-20)28(38)39)25-14-23-6-3-9-30(23,15-25)29(40)37-11-8-27-22(18-37)13-24(16-35-27)31(32,33)34/h2,4-5,12-13,16,19,23,25-26H,3,6-11,14-15,17-18H2,1H3,(H,38,39)/t19-,23+,25-,26-,30+/m0/s1. The van der Waals surface area contributed by atoms with Crippen molar-refractivity contribution in [1.29, 1.82) is 0 Å². The molecule has 4 aliphatic rings. The Hall–Kier alpha value is -2.94. The Morgan fingerprint density at radius 1 is 1.15 bits per heavy atom. The van der Waals surface area contributed by atoms with Gasteiger partial charge in [-0.15, -0.1) is 0 Å². The number of fused-ring (bicyclic) bond motifs is 2. The second kappa shape index (κ2) is 10.2. The van der Waals surface area contributed by atoms with Crippen LogP contribution in [0.4, 0.5) is 13.2 Å². The summed E-state index contributed by atoms with van der Waals surface area (Å²) in [6.07, 6.45) is 2.58. The summed E-state index contributed by atoms with van der Waals surface area (Å²) in [5, 5.41) is 9.41. The third-order valence-electron chi connectivity index (χ3n) is 10.2. The van der Waals surface area contributed by atoms with Crippen molar-refractivity contribution in [1.82, 2.24) is 14.8 Å². The molecular formula is C31H36F3N3O3. The van der Waals surface area contributed by atoms with Gasteiger partial charge in [-0.05, 0) is 85.7 Å². The van der Waals surface area contributed by atoms with Gasteiger partial charge in [-0.1, -0.05) is 25.5 Å². The van der Waals surface area contributed by atoms with Crippen molar-refractivity contribution in [2.45, 2.75) is 76.6 Å². The van der Waals surface area contributed by atoms with E-state index in [9.17, 15) is 27.9 Å². The van der Waals surface area contributed by atoms with E-state index in [1.165, 1.54) is 6.07 Å². The minimum Gasteiger partial charge on any atom is -0.478 e. The summed E-state index contributed by atoms with van der Waals surface area (Å²) in [5.41, 5.74) is 1.39. The maximum atomic E-state index is 14.1. The van der Waals surface area contributed by atoms with Gasteiger partial charge in [0.2, 0.25) is 5.91 Å². The Kier molecular flexibility index (Phi) is 6.92. The maximum absolute atomic E-state index is 14.1. The fourth-order valence-corrected chi connectivity index (χ4v) is 8.21. The fourth-order valence-electron chi connectivity index (χ4n) is 8.21. The van der Waals surface area contributed by atoms with Crippen LogP contribution in [0.2, 0.25) is 0 Å². The molecule has 0 radical (unpaired) electrons. The lowest BCUT2D eigenvalue weighted by atomic mass is 9.78. The molecule has 0 unspecified atom stereocenters. The van der Waals surface area contributed by atoms with Crippen LogP contribution in [0.1, 0.15) is 84.1 Å². The highest BCUT2D eigenvalue weighted by atomic mass is 19.4. The monoisotopic (exact) mass is 555 g/mol. The molecule has 1 amide bonds. The zero-order chi connectivity index (χ0) is 28.2. The molecule has 214 valence electrons.